The highest BCUT2D eigenvalue weighted by Crippen LogP contribution is 2.29. The number of hydrogen-bond acceptors (Lipinski definition) is 2. The van der Waals surface area contributed by atoms with Crippen molar-refractivity contribution in [2.45, 2.75) is 19.8 Å². The number of carbonyl (C=O) groups excluding carboxylic acids is 1. The third kappa shape index (κ3) is 2.27. The maximum absolute atomic E-state index is 11.9. The van der Waals surface area contributed by atoms with E-state index in [1.54, 1.807) is 6.26 Å². The summed E-state index contributed by atoms with van der Waals surface area (Å²) in [5, 5.41) is 6.25. The van der Waals surface area contributed by atoms with Gasteiger partial charge in [-0.2, -0.15) is 0 Å². The zero-order chi connectivity index (χ0) is 13.9. The zero-order valence-corrected chi connectivity index (χ0v) is 11.5. The van der Waals surface area contributed by atoms with Crippen molar-refractivity contribution in [3.8, 4) is 0 Å². The minimum atomic E-state index is 0.0440. The Morgan fingerprint density at radius 1 is 1.20 bits per heavy atom. The third-order valence-electron chi connectivity index (χ3n) is 3.46. The molecule has 1 amide bonds. The molecule has 3 aromatic rings. The van der Waals surface area contributed by atoms with E-state index in [1.807, 2.05) is 31.2 Å². The molecule has 0 unspecified atom stereocenters. The number of amides is 1. The quantitative estimate of drug-likeness (QED) is 0.784. The van der Waals surface area contributed by atoms with Crippen molar-refractivity contribution < 1.29 is 9.21 Å². The summed E-state index contributed by atoms with van der Waals surface area (Å²) >= 11 is 0. The predicted octanol–water partition coefficient (Wildman–Crippen LogP) is 3.65. The number of nitrogens with one attached hydrogen (secondary N) is 1. The molecule has 0 aliphatic rings. The highest BCUT2D eigenvalue weighted by molar-refractivity contribution is 6.08. The highest BCUT2D eigenvalue weighted by atomic mass is 16.3. The SMILES string of the molecule is CCCNC(=O)Cc1coc2ccc3ccccc3c12. The van der Waals surface area contributed by atoms with Gasteiger partial charge in [-0.15, -0.1) is 0 Å². The smallest absolute Gasteiger partial charge is 0.224 e. The second-order valence-electron chi connectivity index (χ2n) is 4.95. The molecule has 3 heteroatoms. The molecule has 0 atom stereocenters. The lowest BCUT2D eigenvalue weighted by Gasteiger charge is -2.03. The number of benzene rings is 2. The van der Waals surface area contributed by atoms with Crippen LogP contribution in [-0.2, 0) is 11.2 Å². The summed E-state index contributed by atoms with van der Waals surface area (Å²) in [7, 11) is 0. The Morgan fingerprint density at radius 2 is 2.05 bits per heavy atom. The molecule has 0 saturated heterocycles. The molecule has 102 valence electrons. The summed E-state index contributed by atoms with van der Waals surface area (Å²) in [5.41, 5.74) is 1.78. The van der Waals surface area contributed by atoms with Gasteiger partial charge < -0.3 is 9.73 Å². The average Bonchev–Trinajstić information content (AvgIpc) is 2.88. The summed E-state index contributed by atoms with van der Waals surface area (Å²) in [6.07, 6.45) is 3.00. The highest BCUT2D eigenvalue weighted by Gasteiger charge is 2.12. The molecule has 1 N–H and O–H groups in total. The van der Waals surface area contributed by atoms with Crippen molar-refractivity contribution in [1.29, 1.82) is 0 Å². The van der Waals surface area contributed by atoms with Crippen LogP contribution >= 0.6 is 0 Å². The van der Waals surface area contributed by atoms with Gasteiger partial charge in [-0.3, -0.25) is 4.79 Å². The predicted molar refractivity (Wildman–Crippen MR) is 80.7 cm³/mol. The van der Waals surface area contributed by atoms with E-state index < -0.39 is 0 Å². The Kier molecular flexibility index (Phi) is 3.42. The molecule has 2 aromatic carbocycles. The molecule has 0 aliphatic heterocycles. The molecule has 3 nitrogen and oxygen atoms in total. The number of rotatable bonds is 4. The number of hydrogen-bond donors (Lipinski definition) is 1. The zero-order valence-electron chi connectivity index (χ0n) is 11.5. The molecule has 3 rings (SSSR count). The van der Waals surface area contributed by atoms with Crippen molar-refractivity contribution in [3.05, 3.63) is 48.2 Å². The number of fused-ring (bicyclic) bond motifs is 3. The summed E-state index contributed by atoms with van der Waals surface area (Å²) in [6, 6.07) is 12.2. The fourth-order valence-electron chi connectivity index (χ4n) is 2.50. The summed E-state index contributed by atoms with van der Waals surface area (Å²) in [4.78, 5) is 11.9. The molecule has 0 saturated carbocycles. The Balaban J connectivity index is 2.03. The minimum Gasteiger partial charge on any atom is -0.464 e. The Labute approximate surface area is 117 Å². The number of furan rings is 1. The molecule has 0 spiro atoms. The largest absolute Gasteiger partial charge is 0.464 e. The molecule has 0 aliphatic carbocycles. The summed E-state index contributed by atoms with van der Waals surface area (Å²) in [6.45, 7) is 2.76. The lowest BCUT2D eigenvalue weighted by Crippen LogP contribution is -2.25. The standard InChI is InChI=1S/C17H17NO2/c1-2-9-18-16(19)10-13-11-20-15-8-7-12-5-3-4-6-14(12)17(13)15/h3-8,11H,2,9-10H2,1H3,(H,18,19). The number of carbonyl (C=O) groups is 1. The van der Waals surface area contributed by atoms with Crippen LogP contribution in [0.3, 0.4) is 0 Å². The van der Waals surface area contributed by atoms with E-state index >= 15 is 0 Å². The maximum atomic E-state index is 11.9. The molecule has 0 bridgehead atoms. The van der Waals surface area contributed by atoms with Gasteiger partial charge in [-0.05, 0) is 23.3 Å². The van der Waals surface area contributed by atoms with E-state index in [-0.39, 0.29) is 5.91 Å². The average molecular weight is 267 g/mol. The lowest BCUT2D eigenvalue weighted by molar-refractivity contribution is -0.120. The van der Waals surface area contributed by atoms with Crippen LogP contribution in [0.1, 0.15) is 18.9 Å². The van der Waals surface area contributed by atoms with Crippen molar-refractivity contribution in [2.75, 3.05) is 6.54 Å². The van der Waals surface area contributed by atoms with E-state index in [9.17, 15) is 4.79 Å². The van der Waals surface area contributed by atoms with Gasteiger partial charge in [-0.1, -0.05) is 37.3 Å². The van der Waals surface area contributed by atoms with Gasteiger partial charge in [0.2, 0.25) is 5.91 Å². The first kappa shape index (κ1) is 12.7. The molecule has 0 radical (unpaired) electrons. The second kappa shape index (κ2) is 5.37. The first-order chi connectivity index (χ1) is 9.79. The topological polar surface area (TPSA) is 42.2 Å². The van der Waals surface area contributed by atoms with Crippen LogP contribution in [0.5, 0.6) is 0 Å². The van der Waals surface area contributed by atoms with Gasteiger partial charge in [0.1, 0.15) is 5.58 Å². The fraction of sp³-hybridized carbons (Fsp3) is 0.235. The van der Waals surface area contributed by atoms with Gasteiger partial charge in [0.15, 0.2) is 0 Å². The van der Waals surface area contributed by atoms with Gasteiger partial charge in [0.25, 0.3) is 0 Å². The summed E-state index contributed by atoms with van der Waals surface area (Å²) in [5.74, 6) is 0.0440. The molecule has 0 fully saturated rings. The van der Waals surface area contributed by atoms with Gasteiger partial charge in [-0.25, -0.2) is 0 Å². The molecular formula is C17H17NO2. The third-order valence-corrected chi connectivity index (χ3v) is 3.46. The van der Waals surface area contributed by atoms with Crippen LogP contribution in [0, 0.1) is 0 Å². The van der Waals surface area contributed by atoms with Gasteiger partial charge in [0.05, 0.1) is 12.7 Å². The van der Waals surface area contributed by atoms with Crippen LogP contribution in [0.2, 0.25) is 0 Å². The van der Waals surface area contributed by atoms with E-state index in [0.29, 0.717) is 6.42 Å². The molecule has 1 aromatic heterocycles. The first-order valence-corrected chi connectivity index (χ1v) is 6.94. The van der Waals surface area contributed by atoms with Crippen LogP contribution in [0.4, 0.5) is 0 Å². The van der Waals surface area contributed by atoms with E-state index in [0.717, 1.165) is 40.3 Å². The Morgan fingerprint density at radius 3 is 2.90 bits per heavy atom. The molecule has 20 heavy (non-hydrogen) atoms. The molecular weight excluding hydrogens is 250 g/mol. The monoisotopic (exact) mass is 267 g/mol. The van der Waals surface area contributed by atoms with E-state index in [1.165, 1.54) is 0 Å². The van der Waals surface area contributed by atoms with Crippen molar-refractivity contribution in [2.24, 2.45) is 0 Å². The van der Waals surface area contributed by atoms with Crippen molar-refractivity contribution in [1.82, 2.24) is 5.32 Å². The second-order valence-corrected chi connectivity index (χ2v) is 4.95. The first-order valence-electron chi connectivity index (χ1n) is 6.94. The minimum absolute atomic E-state index is 0.0440. The van der Waals surface area contributed by atoms with E-state index in [4.69, 9.17) is 4.42 Å². The Hall–Kier alpha value is -2.29. The molecule has 1 heterocycles. The lowest BCUT2D eigenvalue weighted by atomic mass is 10.0. The van der Waals surface area contributed by atoms with Crippen LogP contribution in [0.25, 0.3) is 21.7 Å². The van der Waals surface area contributed by atoms with Crippen LogP contribution < -0.4 is 5.32 Å². The van der Waals surface area contributed by atoms with Gasteiger partial charge in [0, 0.05) is 17.5 Å². The summed E-state index contributed by atoms with van der Waals surface area (Å²) < 4.78 is 5.58. The van der Waals surface area contributed by atoms with Crippen molar-refractivity contribution in [3.63, 3.8) is 0 Å². The van der Waals surface area contributed by atoms with Crippen LogP contribution in [-0.4, -0.2) is 12.5 Å². The Bertz CT molecular complexity index is 758. The normalized spacial score (nSPS) is 11.1. The van der Waals surface area contributed by atoms with Gasteiger partial charge >= 0.3 is 0 Å². The fourth-order valence-corrected chi connectivity index (χ4v) is 2.50. The maximum Gasteiger partial charge on any atom is 0.224 e. The van der Waals surface area contributed by atoms with E-state index in [2.05, 4.69) is 17.4 Å². The van der Waals surface area contributed by atoms with Crippen LogP contribution in [0.15, 0.2) is 47.1 Å². The van der Waals surface area contributed by atoms with Crippen molar-refractivity contribution >= 4 is 27.6 Å².